The van der Waals surface area contributed by atoms with E-state index in [9.17, 15) is 9.59 Å². The van der Waals surface area contributed by atoms with E-state index in [1.54, 1.807) is 0 Å². The molecule has 6 nitrogen and oxygen atoms in total. The maximum atomic E-state index is 12.0. The second kappa shape index (κ2) is 13.9. The molecule has 2 heterocycles. The molecule has 4 aromatic carbocycles. The summed E-state index contributed by atoms with van der Waals surface area (Å²) in [6.45, 7) is 4.23. The molecule has 0 unspecified atom stereocenters. The van der Waals surface area contributed by atoms with E-state index in [1.165, 1.54) is 0 Å². The monoisotopic (exact) mass is 786 g/mol. The molecule has 42 heavy (non-hydrogen) atoms. The SMILES string of the molecule is C[C@@H]1[C@@H](c2ccccc2I)NC(=O)O[C@H]1c1ccccc1.C[C@@H]1[C@@H](c2ccccc2I)NC(=O)O[C@H]1c1ccccc1. The Kier molecular flexibility index (Phi) is 10.0. The molecule has 6 rings (SSSR count). The van der Waals surface area contributed by atoms with Gasteiger partial charge in [-0.3, -0.25) is 0 Å². The number of cyclic esters (lactones) is 2. The largest absolute Gasteiger partial charge is 0.441 e. The molecule has 8 heteroatoms. The molecule has 2 amide bonds. The summed E-state index contributed by atoms with van der Waals surface area (Å²) in [6.07, 6.45) is -1.15. The number of rotatable bonds is 4. The zero-order valence-electron chi connectivity index (χ0n) is 23.2. The van der Waals surface area contributed by atoms with Crippen LogP contribution in [0.4, 0.5) is 9.59 Å². The Morgan fingerprint density at radius 2 is 0.857 bits per heavy atom. The molecule has 216 valence electrons. The Morgan fingerprint density at radius 3 is 1.21 bits per heavy atom. The molecule has 4 aromatic rings. The highest BCUT2D eigenvalue weighted by Gasteiger charge is 2.38. The van der Waals surface area contributed by atoms with Crippen molar-refractivity contribution in [2.24, 2.45) is 11.8 Å². The van der Waals surface area contributed by atoms with E-state index in [0.29, 0.717) is 0 Å². The van der Waals surface area contributed by atoms with Gasteiger partial charge in [-0.05, 0) is 79.6 Å². The van der Waals surface area contributed by atoms with E-state index in [4.69, 9.17) is 9.47 Å². The van der Waals surface area contributed by atoms with E-state index in [-0.39, 0.29) is 48.3 Å². The fourth-order valence-corrected chi connectivity index (χ4v) is 7.03. The van der Waals surface area contributed by atoms with Crippen molar-refractivity contribution in [3.05, 3.63) is 139 Å². The number of alkyl carbamates (subject to hydrolysis) is 2. The summed E-state index contributed by atoms with van der Waals surface area (Å²) < 4.78 is 13.4. The Labute approximate surface area is 273 Å². The third-order valence-electron chi connectivity index (χ3n) is 7.76. The third-order valence-corrected chi connectivity index (χ3v) is 9.72. The molecule has 0 bridgehead atoms. The summed E-state index contributed by atoms with van der Waals surface area (Å²) in [6, 6.07) is 36.0. The lowest BCUT2D eigenvalue weighted by Crippen LogP contribution is -2.42. The molecule has 0 saturated carbocycles. The Bertz CT molecular complexity index is 1400. The van der Waals surface area contributed by atoms with Gasteiger partial charge in [-0.2, -0.15) is 0 Å². The average Bonchev–Trinajstić information content (AvgIpc) is 3.01. The summed E-state index contributed by atoms with van der Waals surface area (Å²) >= 11 is 4.62. The Hall–Kier alpha value is -3.12. The highest BCUT2D eigenvalue weighted by molar-refractivity contribution is 14.1. The molecule has 2 aliphatic heterocycles. The van der Waals surface area contributed by atoms with Gasteiger partial charge in [0.2, 0.25) is 0 Å². The maximum absolute atomic E-state index is 12.0. The van der Waals surface area contributed by atoms with Crippen LogP contribution < -0.4 is 10.6 Å². The molecule has 0 aliphatic carbocycles. The van der Waals surface area contributed by atoms with Gasteiger partial charge < -0.3 is 20.1 Å². The molecule has 2 fully saturated rings. The third kappa shape index (κ3) is 6.91. The molecular formula is C34H32I2N2O4. The van der Waals surface area contributed by atoms with Crippen molar-refractivity contribution in [3.8, 4) is 0 Å². The molecule has 0 spiro atoms. The van der Waals surface area contributed by atoms with Gasteiger partial charge in [0.05, 0.1) is 12.1 Å². The van der Waals surface area contributed by atoms with E-state index in [1.807, 2.05) is 84.9 Å². The lowest BCUT2D eigenvalue weighted by molar-refractivity contribution is 0.0198. The minimum absolute atomic E-state index is 0.0374. The van der Waals surface area contributed by atoms with Gasteiger partial charge in [0.1, 0.15) is 12.2 Å². The van der Waals surface area contributed by atoms with Crippen molar-refractivity contribution in [1.82, 2.24) is 10.6 Å². The Balaban J connectivity index is 0.000000168. The fraction of sp³-hybridized carbons (Fsp3) is 0.235. The van der Waals surface area contributed by atoms with Gasteiger partial charge in [0.15, 0.2) is 0 Å². The van der Waals surface area contributed by atoms with Crippen molar-refractivity contribution < 1.29 is 19.1 Å². The summed E-state index contributed by atoms with van der Waals surface area (Å²) in [7, 11) is 0. The van der Waals surface area contributed by atoms with Crippen LogP contribution in [0.15, 0.2) is 109 Å². The minimum Gasteiger partial charge on any atom is -0.441 e. The first-order valence-electron chi connectivity index (χ1n) is 13.9. The molecule has 2 saturated heterocycles. The smallest absolute Gasteiger partial charge is 0.408 e. The van der Waals surface area contributed by atoms with Crippen LogP contribution in [0.1, 0.15) is 60.4 Å². The number of halogens is 2. The first-order chi connectivity index (χ1) is 20.3. The molecule has 2 N–H and O–H groups in total. The number of carbonyl (C=O) groups is 2. The predicted octanol–water partition coefficient (Wildman–Crippen LogP) is 8.90. The van der Waals surface area contributed by atoms with Crippen molar-refractivity contribution in [1.29, 1.82) is 0 Å². The molecule has 0 radical (unpaired) electrons. The van der Waals surface area contributed by atoms with Crippen LogP contribution in [-0.2, 0) is 9.47 Å². The number of hydrogen-bond donors (Lipinski definition) is 2. The van der Waals surface area contributed by atoms with E-state index in [0.717, 1.165) is 29.4 Å². The Morgan fingerprint density at radius 1 is 0.524 bits per heavy atom. The second-order valence-electron chi connectivity index (χ2n) is 10.5. The van der Waals surface area contributed by atoms with Crippen LogP contribution in [-0.4, -0.2) is 12.2 Å². The summed E-state index contributed by atoms with van der Waals surface area (Å²) in [5.41, 5.74) is 4.36. The number of benzene rings is 4. The molecule has 0 aromatic heterocycles. The topological polar surface area (TPSA) is 76.7 Å². The van der Waals surface area contributed by atoms with Gasteiger partial charge in [0, 0.05) is 19.0 Å². The first-order valence-corrected chi connectivity index (χ1v) is 16.0. The predicted molar refractivity (Wildman–Crippen MR) is 180 cm³/mol. The summed E-state index contributed by atoms with van der Waals surface area (Å²) in [5, 5.41) is 5.91. The number of carbonyl (C=O) groups excluding carboxylic acids is 2. The maximum Gasteiger partial charge on any atom is 0.408 e. The van der Waals surface area contributed by atoms with Crippen LogP contribution >= 0.6 is 45.2 Å². The molecule has 2 aliphatic rings. The van der Waals surface area contributed by atoms with Crippen molar-refractivity contribution in [2.75, 3.05) is 0 Å². The highest BCUT2D eigenvalue weighted by Crippen LogP contribution is 2.41. The second-order valence-corrected chi connectivity index (χ2v) is 12.8. The van der Waals surface area contributed by atoms with Crippen LogP contribution in [0.5, 0.6) is 0 Å². The van der Waals surface area contributed by atoms with Crippen molar-refractivity contribution in [3.63, 3.8) is 0 Å². The quantitative estimate of drug-likeness (QED) is 0.203. The van der Waals surface area contributed by atoms with Crippen molar-refractivity contribution in [2.45, 2.75) is 38.1 Å². The normalized spacial score (nSPS) is 25.0. The van der Waals surface area contributed by atoms with Crippen LogP contribution in [0.2, 0.25) is 0 Å². The molecule has 6 atom stereocenters. The lowest BCUT2D eigenvalue weighted by Gasteiger charge is -2.37. The van der Waals surface area contributed by atoms with Gasteiger partial charge in [-0.25, -0.2) is 9.59 Å². The van der Waals surface area contributed by atoms with Crippen LogP contribution in [0.3, 0.4) is 0 Å². The van der Waals surface area contributed by atoms with E-state index < -0.39 is 0 Å². The first kappa shape index (κ1) is 30.3. The summed E-state index contributed by atoms with van der Waals surface area (Å²) in [5.74, 6) is 0.307. The van der Waals surface area contributed by atoms with Gasteiger partial charge >= 0.3 is 12.2 Å². The van der Waals surface area contributed by atoms with Gasteiger partial charge in [-0.1, -0.05) is 111 Å². The number of hydrogen-bond acceptors (Lipinski definition) is 4. The average molecular weight is 786 g/mol. The van der Waals surface area contributed by atoms with Crippen molar-refractivity contribution >= 4 is 57.4 Å². The highest BCUT2D eigenvalue weighted by atomic mass is 127. The van der Waals surface area contributed by atoms with Crippen LogP contribution in [0.25, 0.3) is 0 Å². The van der Waals surface area contributed by atoms with E-state index in [2.05, 4.69) is 93.9 Å². The fourth-order valence-electron chi connectivity index (χ4n) is 5.58. The van der Waals surface area contributed by atoms with Gasteiger partial charge in [0.25, 0.3) is 0 Å². The number of amides is 2. The zero-order chi connectivity index (χ0) is 29.6. The number of ether oxygens (including phenoxy) is 2. The van der Waals surface area contributed by atoms with Gasteiger partial charge in [-0.15, -0.1) is 0 Å². The number of nitrogens with one attached hydrogen (secondary N) is 2. The minimum atomic E-state index is -0.355. The zero-order valence-corrected chi connectivity index (χ0v) is 27.6. The standard InChI is InChI=1S/2C17H16INO2/c2*1-11-15(13-9-5-6-10-14(13)18)19-17(20)21-16(11)12-7-3-2-4-8-12/h2*2-11,15-16H,1H3,(H,19,20)/t2*11-,15+,16-/m11/s1. The van der Waals surface area contributed by atoms with Crippen LogP contribution in [0, 0.1) is 19.0 Å². The summed E-state index contributed by atoms with van der Waals surface area (Å²) in [4.78, 5) is 23.9. The lowest BCUT2D eigenvalue weighted by atomic mass is 9.86. The molecular weight excluding hydrogens is 754 g/mol. The van der Waals surface area contributed by atoms with E-state index >= 15 is 0 Å².